The Morgan fingerprint density at radius 2 is 2.05 bits per heavy atom. The summed E-state index contributed by atoms with van der Waals surface area (Å²) in [6.07, 6.45) is 0. The van der Waals surface area contributed by atoms with Crippen molar-refractivity contribution in [2.24, 2.45) is 5.92 Å². The molecule has 0 spiro atoms. The van der Waals surface area contributed by atoms with Gasteiger partial charge in [0.1, 0.15) is 5.75 Å². The molecule has 5 nitrogen and oxygen atoms in total. The molecule has 1 heterocycles. The zero-order chi connectivity index (χ0) is 14.8. The Kier molecular flexibility index (Phi) is 4.42. The molecular weight excluding hydrogens is 274 g/mol. The van der Waals surface area contributed by atoms with Crippen LogP contribution in [0.1, 0.15) is 13.8 Å². The van der Waals surface area contributed by atoms with Gasteiger partial charge in [-0.1, -0.05) is 13.8 Å². The second-order valence-corrected chi connectivity index (χ2v) is 8.07. The Hall–Kier alpha value is -1.43. The van der Waals surface area contributed by atoms with Crippen LogP contribution in [0.25, 0.3) is 0 Å². The molecule has 1 aliphatic heterocycles. The smallest absolute Gasteiger partial charge is 0.144 e. The molecule has 0 saturated carbocycles. The number of nitrogens with two attached hydrogens (primary N) is 1. The van der Waals surface area contributed by atoms with E-state index in [1.54, 1.807) is 0 Å². The molecule has 0 aliphatic carbocycles. The minimum absolute atomic E-state index is 0.430. The van der Waals surface area contributed by atoms with Crippen LogP contribution in [-0.4, -0.2) is 35.4 Å². The van der Waals surface area contributed by atoms with Gasteiger partial charge in [-0.2, -0.15) is 0 Å². The molecule has 1 aliphatic rings. The van der Waals surface area contributed by atoms with Gasteiger partial charge in [0.15, 0.2) is 0 Å². The summed E-state index contributed by atoms with van der Waals surface area (Å²) in [5.41, 5.74) is 7.58. The summed E-state index contributed by atoms with van der Waals surface area (Å²) in [7, 11) is -2.36. The highest BCUT2D eigenvalue weighted by molar-refractivity contribution is 7.92. The van der Waals surface area contributed by atoms with Crippen LogP contribution in [0.2, 0.25) is 0 Å². The fourth-order valence-corrected chi connectivity index (χ4v) is 3.32. The van der Waals surface area contributed by atoms with E-state index in [2.05, 4.69) is 18.7 Å². The van der Waals surface area contributed by atoms with E-state index in [4.69, 9.17) is 15.3 Å². The third-order valence-corrected chi connectivity index (χ3v) is 5.00. The predicted octanol–water partition coefficient (Wildman–Crippen LogP) is 2.17. The van der Waals surface area contributed by atoms with Crippen LogP contribution in [0.5, 0.6) is 5.75 Å². The molecular formula is C14H23N3O2S. The predicted molar refractivity (Wildman–Crippen MR) is 84.0 cm³/mol. The number of rotatable bonds is 4. The molecule has 0 radical (unpaired) electrons. The maximum atomic E-state index is 11.7. The van der Waals surface area contributed by atoms with Gasteiger partial charge in [0.05, 0.1) is 12.3 Å². The highest BCUT2D eigenvalue weighted by Crippen LogP contribution is 2.29. The number of anilines is 2. The Labute approximate surface area is 121 Å². The molecule has 0 amide bonds. The van der Waals surface area contributed by atoms with Crippen molar-refractivity contribution in [1.82, 2.24) is 0 Å². The number of ether oxygens (including phenoxy) is 1. The van der Waals surface area contributed by atoms with E-state index in [-0.39, 0.29) is 0 Å². The van der Waals surface area contributed by atoms with Crippen molar-refractivity contribution in [2.75, 3.05) is 41.8 Å². The van der Waals surface area contributed by atoms with Gasteiger partial charge in [-0.3, -0.25) is 4.78 Å². The molecule has 6 heteroatoms. The lowest BCUT2D eigenvalue weighted by molar-refractivity contribution is 0.272. The minimum Gasteiger partial charge on any atom is -0.491 e. The summed E-state index contributed by atoms with van der Waals surface area (Å²) >= 11 is 0. The van der Waals surface area contributed by atoms with Crippen LogP contribution in [0.3, 0.4) is 0 Å². The first-order valence-corrected chi connectivity index (χ1v) is 8.78. The van der Waals surface area contributed by atoms with Gasteiger partial charge in [0, 0.05) is 46.1 Å². The Balaban J connectivity index is 2.11. The minimum atomic E-state index is -2.36. The molecule has 1 saturated heterocycles. The molecule has 1 aromatic rings. The van der Waals surface area contributed by atoms with E-state index in [1.807, 2.05) is 18.2 Å². The van der Waals surface area contributed by atoms with E-state index in [1.165, 1.54) is 0 Å². The van der Waals surface area contributed by atoms with Crippen LogP contribution in [-0.2, 0) is 9.73 Å². The van der Waals surface area contributed by atoms with Crippen molar-refractivity contribution >= 4 is 21.1 Å². The summed E-state index contributed by atoms with van der Waals surface area (Å²) in [6.45, 7) is 6.12. The monoisotopic (exact) mass is 297 g/mol. The van der Waals surface area contributed by atoms with Crippen molar-refractivity contribution in [2.45, 2.75) is 13.8 Å². The molecule has 112 valence electrons. The van der Waals surface area contributed by atoms with Crippen molar-refractivity contribution in [3.05, 3.63) is 18.2 Å². The topological polar surface area (TPSA) is 79.4 Å². The number of nitrogens with zero attached hydrogens (tertiary/aromatic N) is 1. The van der Waals surface area contributed by atoms with E-state index in [9.17, 15) is 4.21 Å². The SMILES string of the molecule is CC(C)COc1cc(N2CCS(=N)(=O)CC2)ccc1N. The van der Waals surface area contributed by atoms with Crippen LogP contribution in [0.4, 0.5) is 11.4 Å². The summed E-state index contributed by atoms with van der Waals surface area (Å²) in [4.78, 5) is 2.14. The number of nitrogen functional groups attached to an aromatic ring is 1. The lowest BCUT2D eigenvalue weighted by Gasteiger charge is -2.30. The zero-order valence-corrected chi connectivity index (χ0v) is 12.9. The summed E-state index contributed by atoms with van der Waals surface area (Å²) in [6, 6.07) is 5.74. The molecule has 20 heavy (non-hydrogen) atoms. The average Bonchev–Trinajstić information content (AvgIpc) is 2.38. The molecule has 1 fully saturated rings. The fraction of sp³-hybridized carbons (Fsp3) is 0.571. The van der Waals surface area contributed by atoms with Crippen LogP contribution in [0, 0.1) is 10.7 Å². The molecule has 0 bridgehead atoms. The van der Waals surface area contributed by atoms with Crippen molar-refractivity contribution < 1.29 is 8.95 Å². The van der Waals surface area contributed by atoms with Gasteiger partial charge in [-0.25, -0.2) is 4.21 Å². The highest BCUT2D eigenvalue weighted by atomic mass is 32.2. The van der Waals surface area contributed by atoms with E-state index < -0.39 is 9.73 Å². The number of hydrogen-bond acceptors (Lipinski definition) is 5. The van der Waals surface area contributed by atoms with Crippen LogP contribution >= 0.6 is 0 Å². The normalized spacial score (nSPS) is 18.2. The molecule has 0 aromatic heterocycles. The van der Waals surface area contributed by atoms with Gasteiger partial charge >= 0.3 is 0 Å². The lowest BCUT2D eigenvalue weighted by atomic mass is 10.2. The number of hydrogen-bond donors (Lipinski definition) is 2. The first-order valence-electron chi connectivity index (χ1n) is 6.89. The third-order valence-electron chi connectivity index (χ3n) is 3.32. The maximum Gasteiger partial charge on any atom is 0.144 e. The first kappa shape index (κ1) is 15.0. The van der Waals surface area contributed by atoms with Crippen LogP contribution < -0.4 is 15.4 Å². The summed E-state index contributed by atoms with van der Waals surface area (Å²) in [5, 5.41) is 0. The van der Waals surface area contributed by atoms with Gasteiger partial charge in [-0.15, -0.1) is 0 Å². The Bertz CT molecular complexity index is 556. The molecule has 0 unspecified atom stereocenters. The largest absolute Gasteiger partial charge is 0.491 e. The van der Waals surface area contributed by atoms with E-state index in [0.717, 1.165) is 5.69 Å². The summed E-state index contributed by atoms with van der Waals surface area (Å²) < 4.78 is 25.0. The van der Waals surface area contributed by atoms with Crippen molar-refractivity contribution in [3.63, 3.8) is 0 Å². The van der Waals surface area contributed by atoms with E-state index >= 15 is 0 Å². The molecule has 1 aromatic carbocycles. The van der Waals surface area contributed by atoms with E-state index in [0.29, 0.717) is 48.6 Å². The molecule has 2 rings (SSSR count). The average molecular weight is 297 g/mol. The summed E-state index contributed by atoms with van der Waals surface area (Å²) in [5.74, 6) is 2.01. The second kappa shape index (κ2) is 5.91. The molecule has 3 N–H and O–H groups in total. The number of benzene rings is 1. The molecule has 0 atom stereocenters. The zero-order valence-electron chi connectivity index (χ0n) is 12.1. The standard InChI is InChI=1S/C14H23N3O2S/c1-11(2)10-19-14-9-12(3-4-13(14)15)17-5-7-20(16,18)8-6-17/h3-4,9,11,16H,5-8,10,15H2,1-2H3. The number of nitrogens with one attached hydrogen (secondary N) is 1. The fourth-order valence-electron chi connectivity index (χ4n) is 2.09. The van der Waals surface area contributed by atoms with Crippen molar-refractivity contribution in [1.29, 1.82) is 4.78 Å². The third kappa shape index (κ3) is 3.79. The van der Waals surface area contributed by atoms with Gasteiger partial charge in [0.2, 0.25) is 0 Å². The quantitative estimate of drug-likeness (QED) is 0.835. The van der Waals surface area contributed by atoms with Crippen molar-refractivity contribution in [3.8, 4) is 5.75 Å². The Morgan fingerprint density at radius 3 is 2.65 bits per heavy atom. The second-order valence-electron chi connectivity index (χ2n) is 5.63. The Morgan fingerprint density at radius 1 is 1.40 bits per heavy atom. The lowest BCUT2D eigenvalue weighted by Crippen LogP contribution is -2.39. The van der Waals surface area contributed by atoms with Gasteiger partial charge in [-0.05, 0) is 18.1 Å². The van der Waals surface area contributed by atoms with Gasteiger partial charge < -0.3 is 15.4 Å². The maximum absolute atomic E-state index is 11.7. The highest BCUT2D eigenvalue weighted by Gasteiger charge is 2.19. The first-order chi connectivity index (χ1) is 9.37. The van der Waals surface area contributed by atoms with Crippen LogP contribution in [0.15, 0.2) is 18.2 Å². The van der Waals surface area contributed by atoms with Gasteiger partial charge in [0.25, 0.3) is 0 Å².